The van der Waals surface area contributed by atoms with Crippen LogP contribution in [-0.4, -0.2) is 43.7 Å². The average Bonchev–Trinajstić information content (AvgIpc) is 3.14. The number of nitrogens with zero attached hydrogens (tertiary/aromatic N) is 2. The zero-order valence-electron chi connectivity index (χ0n) is 19.7. The third kappa shape index (κ3) is 4.47. The molecule has 2 fully saturated rings. The molecule has 9 heteroatoms. The molecule has 0 unspecified atom stereocenters. The third-order valence-corrected chi connectivity index (χ3v) is 9.45. The van der Waals surface area contributed by atoms with Crippen molar-refractivity contribution in [1.82, 2.24) is 4.31 Å². The van der Waals surface area contributed by atoms with Gasteiger partial charge in [0.25, 0.3) is 0 Å². The molecule has 0 spiro atoms. The van der Waals surface area contributed by atoms with Gasteiger partial charge in [-0.25, -0.2) is 12.8 Å². The van der Waals surface area contributed by atoms with Crippen molar-refractivity contribution in [2.24, 2.45) is 11.8 Å². The van der Waals surface area contributed by atoms with Gasteiger partial charge in [0, 0.05) is 36.7 Å². The largest absolute Gasteiger partial charge is 0.323 e. The van der Waals surface area contributed by atoms with E-state index in [0.717, 1.165) is 30.5 Å². The second-order valence-corrected chi connectivity index (χ2v) is 11.8. The Balaban J connectivity index is 1.25. The first-order valence-corrected chi connectivity index (χ1v) is 13.7. The fourth-order valence-corrected chi connectivity index (χ4v) is 6.78. The molecule has 1 aliphatic carbocycles. The Kier molecular flexibility index (Phi) is 6.40. The lowest BCUT2D eigenvalue weighted by atomic mass is 9.84. The molecule has 2 aliphatic heterocycles. The van der Waals surface area contributed by atoms with Gasteiger partial charge in [-0.3, -0.25) is 9.59 Å². The zero-order chi connectivity index (χ0) is 24.7. The Morgan fingerprint density at radius 2 is 1.71 bits per heavy atom. The molecule has 0 aromatic heterocycles. The molecule has 2 heterocycles. The first-order valence-electron chi connectivity index (χ1n) is 12.3. The molecule has 1 N–H and O–H groups in total. The molecule has 1 atom stereocenters. The van der Waals surface area contributed by atoms with Crippen LogP contribution < -0.4 is 10.2 Å². The lowest BCUT2D eigenvalue weighted by molar-refractivity contribution is -0.125. The van der Waals surface area contributed by atoms with Gasteiger partial charge in [-0.05, 0) is 74.9 Å². The second kappa shape index (κ2) is 9.35. The van der Waals surface area contributed by atoms with Gasteiger partial charge in [0.05, 0.1) is 10.6 Å². The van der Waals surface area contributed by atoms with Crippen LogP contribution in [0.3, 0.4) is 0 Å². The summed E-state index contributed by atoms with van der Waals surface area (Å²) in [6.45, 7) is 2.44. The summed E-state index contributed by atoms with van der Waals surface area (Å²) in [7, 11) is -3.73. The van der Waals surface area contributed by atoms with Crippen LogP contribution in [0, 0.1) is 17.7 Å². The molecule has 1 saturated heterocycles. The third-order valence-electron chi connectivity index (χ3n) is 7.55. The van der Waals surface area contributed by atoms with Crippen LogP contribution >= 0.6 is 0 Å². The predicted octanol–water partition coefficient (Wildman–Crippen LogP) is 3.94. The maximum atomic E-state index is 13.8. The van der Waals surface area contributed by atoms with Crippen molar-refractivity contribution < 1.29 is 22.4 Å². The number of fused-ring (bicyclic) bond motifs is 1. The minimum Gasteiger partial charge on any atom is -0.323 e. The highest BCUT2D eigenvalue weighted by Gasteiger charge is 2.38. The maximum Gasteiger partial charge on any atom is 0.243 e. The van der Waals surface area contributed by atoms with Gasteiger partial charge in [0.1, 0.15) is 5.82 Å². The SMILES string of the molecule is C[C@H]1Cc2cc(S(=O)(=O)N3CCC(C(=O)Nc4ccccc4F)CC3)ccc2N1C(=O)C1CCC1. The summed E-state index contributed by atoms with van der Waals surface area (Å²) >= 11 is 0. The van der Waals surface area contributed by atoms with E-state index >= 15 is 0 Å². The summed E-state index contributed by atoms with van der Waals surface area (Å²) in [5, 5.41) is 2.61. The Morgan fingerprint density at radius 1 is 1.00 bits per heavy atom. The predicted molar refractivity (Wildman–Crippen MR) is 131 cm³/mol. The number of piperidine rings is 1. The molecule has 0 radical (unpaired) electrons. The number of nitrogens with one attached hydrogen (secondary N) is 1. The first-order chi connectivity index (χ1) is 16.8. The molecular weight excluding hydrogens is 469 g/mol. The maximum absolute atomic E-state index is 13.8. The van der Waals surface area contributed by atoms with Crippen LogP contribution in [0.25, 0.3) is 0 Å². The van der Waals surface area contributed by atoms with Gasteiger partial charge >= 0.3 is 0 Å². The monoisotopic (exact) mass is 499 g/mol. The number of amides is 2. The van der Waals surface area contributed by atoms with E-state index < -0.39 is 15.8 Å². The van der Waals surface area contributed by atoms with E-state index in [1.807, 2.05) is 11.8 Å². The van der Waals surface area contributed by atoms with Crippen molar-refractivity contribution in [1.29, 1.82) is 0 Å². The molecule has 2 amide bonds. The van der Waals surface area contributed by atoms with Crippen molar-refractivity contribution in [3.63, 3.8) is 0 Å². The minimum absolute atomic E-state index is 0.0137. The number of sulfonamides is 1. The first kappa shape index (κ1) is 23.9. The highest BCUT2D eigenvalue weighted by Crippen LogP contribution is 2.39. The molecule has 35 heavy (non-hydrogen) atoms. The zero-order valence-corrected chi connectivity index (χ0v) is 20.6. The van der Waals surface area contributed by atoms with Gasteiger partial charge in [-0.1, -0.05) is 18.6 Å². The Hall–Kier alpha value is -2.78. The lowest BCUT2D eigenvalue weighted by Gasteiger charge is -2.32. The van der Waals surface area contributed by atoms with Crippen molar-refractivity contribution in [3.8, 4) is 0 Å². The van der Waals surface area contributed by atoms with Crippen molar-refractivity contribution in [3.05, 3.63) is 53.8 Å². The van der Waals surface area contributed by atoms with E-state index in [0.29, 0.717) is 19.3 Å². The van der Waals surface area contributed by atoms with Gasteiger partial charge in [-0.2, -0.15) is 4.31 Å². The molecule has 5 rings (SSSR count). The minimum atomic E-state index is -3.73. The van der Waals surface area contributed by atoms with E-state index in [9.17, 15) is 22.4 Å². The number of carbonyl (C=O) groups excluding carboxylic acids is 2. The normalized spacial score (nSPS) is 21.4. The molecule has 186 valence electrons. The standard InChI is InChI=1S/C26H30FN3O4S/c1-17-15-20-16-21(9-10-24(20)30(17)26(32)19-5-4-6-19)35(33,34)29-13-11-18(12-14-29)25(31)28-23-8-3-2-7-22(23)27/h2-3,7-10,16-19H,4-6,11-15H2,1H3,(H,28,31)/t17-/m0/s1. The number of anilines is 2. The number of benzene rings is 2. The Bertz CT molecular complexity index is 1250. The molecular formula is C26H30FN3O4S. The Labute approximate surface area is 205 Å². The number of para-hydroxylation sites is 1. The smallest absolute Gasteiger partial charge is 0.243 e. The molecule has 2 aromatic carbocycles. The Morgan fingerprint density at radius 3 is 2.37 bits per heavy atom. The van der Waals surface area contributed by atoms with Crippen molar-refractivity contribution >= 4 is 33.2 Å². The molecule has 0 bridgehead atoms. The number of halogens is 1. The summed E-state index contributed by atoms with van der Waals surface area (Å²) in [4.78, 5) is 27.5. The van der Waals surface area contributed by atoms with Gasteiger partial charge in [-0.15, -0.1) is 0 Å². The molecule has 3 aliphatic rings. The summed E-state index contributed by atoms with van der Waals surface area (Å²) in [5.41, 5.74) is 1.83. The number of hydrogen-bond acceptors (Lipinski definition) is 4. The van der Waals surface area contributed by atoms with Crippen LogP contribution in [-0.2, 0) is 26.0 Å². The van der Waals surface area contributed by atoms with E-state index in [1.54, 1.807) is 30.3 Å². The second-order valence-electron chi connectivity index (χ2n) is 9.83. The molecule has 7 nitrogen and oxygen atoms in total. The van der Waals surface area contributed by atoms with Crippen LogP contribution in [0.4, 0.5) is 15.8 Å². The van der Waals surface area contributed by atoms with Crippen LogP contribution in [0.15, 0.2) is 47.4 Å². The topological polar surface area (TPSA) is 86.8 Å². The van der Waals surface area contributed by atoms with Crippen molar-refractivity contribution in [2.75, 3.05) is 23.3 Å². The fraction of sp³-hybridized carbons (Fsp3) is 0.462. The van der Waals surface area contributed by atoms with Gasteiger partial charge in [0.15, 0.2) is 0 Å². The van der Waals surface area contributed by atoms with Crippen LogP contribution in [0.2, 0.25) is 0 Å². The van der Waals surface area contributed by atoms with Crippen LogP contribution in [0.5, 0.6) is 0 Å². The van der Waals surface area contributed by atoms with Gasteiger partial charge < -0.3 is 10.2 Å². The average molecular weight is 500 g/mol. The van der Waals surface area contributed by atoms with E-state index in [1.165, 1.54) is 16.4 Å². The van der Waals surface area contributed by atoms with E-state index in [4.69, 9.17) is 0 Å². The number of carbonyl (C=O) groups is 2. The van der Waals surface area contributed by atoms with Crippen molar-refractivity contribution in [2.45, 2.75) is 56.4 Å². The summed E-state index contributed by atoms with van der Waals surface area (Å²) in [5.74, 6) is -0.944. The van der Waals surface area contributed by atoms with Gasteiger partial charge in [0.2, 0.25) is 21.8 Å². The summed E-state index contributed by atoms with van der Waals surface area (Å²) in [6, 6.07) is 11.0. The van der Waals surface area contributed by atoms with E-state index in [2.05, 4.69) is 5.32 Å². The molecule has 2 aromatic rings. The highest BCUT2D eigenvalue weighted by atomic mass is 32.2. The summed E-state index contributed by atoms with van der Waals surface area (Å²) in [6.07, 6.45) is 4.31. The lowest BCUT2D eigenvalue weighted by Crippen LogP contribution is -2.42. The summed E-state index contributed by atoms with van der Waals surface area (Å²) < 4.78 is 42.0. The fourth-order valence-electron chi connectivity index (χ4n) is 5.26. The molecule has 1 saturated carbocycles. The number of rotatable bonds is 5. The highest BCUT2D eigenvalue weighted by molar-refractivity contribution is 7.89. The quantitative estimate of drug-likeness (QED) is 0.675. The van der Waals surface area contributed by atoms with Crippen LogP contribution in [0.1, 0.15) is 44.6 Å². The number of hydrogen-bond donors (Lipinski definition) is 1. The van der Waals surface area contributed by atoms with E-state index in [-0.39, 0.29) is 53.4 Å².